The zero-order valence-electron chi connectivity index (χ0n) is 11.6. The summed E-state index contributed by atoms with van der Waals surface area (Å²) >= 11 is 14.8. The first-order chi connectivity index (χ1) is 10.1. The van der Waals surface area contributed by atoms with Gasteiger partial charge in [0.05, 0.1) is 0 Å². The van der Waals surface area contributed by atoms with Crippen LogP contribution in [0, 0.1) is 0 Å². The third-order valence-corrected chi connectivity index (χ3v) is 3.90. The van der Waals surface area contributed by atoms with Gasteiger partial charge in [-0.15, -0.1) is 0 Å². The van der Waals surface area contributed by atoms with Crippen molar-refractivity contribution in [1.82, 2.24) is 0 Å². The minimum Gasteiger partial charge on any atom is -0.332 e. The number of nitrogens with one attached hydrogen (secondary N) is 2. The molecule has 2 aromatic carbocycles. The Morgan fingerprint density at radius 2 is 1.86 bits per heavy atom. The Morgan fingerprint density at radius 3 is 2.52 bits per heavy atom. The molecule has 0 atom stereocenters. The highest BCUT2D eigenvalue weighted by molar-refractivity contribution is 9.10. The first kappa shape index (κ1) is 16.3. The van der Waals surface area contributed by atoms with Gasteiger partial charge in [0.25, 0.3) is 0 Å². The van der Waals surface area contributed by atoms with Gasteiger partial charge in [-0.1, -0.05) is 40.9 Å². The SMILES string of the molecule is CCCc1cc(Cl)ccc1NC(=S)Nc1ccc(Br)cc1. The average molecular weight is 384 g/mol. The molecule has 0 aliphatic heterocycles. The summed E-state index contributed by atoms with van der Waals surface area (Å²) in [5, 5.41) is 7.72. The van der Waals surface area contributed by atoms with E-state index in [1.807, 2.05) is 42.5 Å². The van der Waals surface area contributed by atoms with Gasteiger partial charge in [-0.3, -0.25) is 0 Å². The largest absolute Gasteiger partial charge is 0.332 e. The smallest absolute Gasteiger partial charge is 0.175 e. The number of hydrogen-bond donors (Lipinski definition) is 2. The molecule has 2 N–H and O–H groups in total. The lowest BCUT2D eigenvalue weighted by molar-refractivity contribution is 0.924. The first-order valence-electron chi connectivity index (χ1n) is 6.70. The summed E-state index contributed by atoms with van der Waals surface area (Å²) in [5.74, 6) is 0. The van der Waals surface area contributed by atoms with Crippen molar-refractivity contribution in [3.63, 3.8) is 0 Å². The molecule has 0 amide bonds. The van der Waals surface area contributed by atoms with Crippen LogP contribution in [0.25, 0.3) is 0 Å². The second-order valence-corrected chi connectivity index (χ2v) is 6.40. The van der Waals surface area contributed by atoms with E-state index >= 15 is 0 Å². The Labute approximate surface area is 144 Å². The summed E-state index contributed by atoms with van der Waals surface area (Å²) in [7, 11) is 0. The minimum atomic E-state index is 0.567. The molecule has 21 heavy (non-hydrogen) atoms. The van der Waals surface area contributed by atoms with Gasteiger partial charge < -0.3 is 10.6 Å². The minimum absolute atomic E-state index is 0.567. The van der Waals surface area contributed by atoms with E-state index < -0.39 is 0 Å². The topological polar surface area (TPSA) is 24.1 Å². The van der Waals surface area contributed by atoms with Crippen LogP contribution in [0.4, 0.5) is 11.4 Å². The van der Waals surface area contributed by atoms with Crippen LogP contribution in [0.5, 0.6) is 0 Å². The lowest BCUT2D eigenvalue weighted by atomic mass is 10.1. The van der Waals surface area contributed by atoms with Crippen LogP contribution >= 0.6 is 39.7 Å². The number of aryl methyl sites for hydroxylation is 1. The molecule has 0 saturated carbocycles. The molecular formula is C16H16BrClN2S. The fourth-order valence-corrected chi connectivity index (χ4v) is 2.67. The number of halogens is 2. The second-order valence-electron chi connectivity index (χ2n) is 4.64. The van der Waals surface area contributed by atoms with Gasteiger partial charge in [0.1, 0.15) is 0 Å². The average Bonchev–Trinajstić information content (AvgIpc) is 2.45. The molecule has 0 aliphatic carbocycles. The maximum absolute atomic E-state index is 6.05. The maximum atomic E-state index is 6.05. The Morgan fingerprint density at radius 1 is 1.14 bits per heavy atom. The molecule has 0 aromatic heterocycles. The van der Waals surface area contributed by atoms with Crippen LogP contribution in [-0.2, 0) is 6.42 Å². The first-order valence-corrected chi connectivity index (χ1v) is 8.28. The monoisotopic (exact) mass is 382 g/mol. The van der Waals surface area contributed by atoms with E-state index in [1.165, 1.54) is 5.56 Å². The summed E-state index contributed by atoms with van der Waals surface area (Å²) in [4.78, 5) is 0. The molecule has 0 saturated heterocycles. The van der Waals surface area contributed by atoms with Gasteiger partial charge in [0.2, 0.25) is 0 Å². The maximum Gasteiger partial charge on any atom is 0.175 e. The van der Waals surface area contributed by atoms with Crippen LogP contribution < -0.4 is 10.6 Å². The van der Waals surface area contributed by atoms with E-state index in [0.29, 0.717) is 5.11 Å². The van der Waals surface area contributed by atoms with E-state index in [-0.39, 0.29) is 0 Å². The van der Waals surface area contributed by atoms with Gasteiger partial charge >= 0.3 is 0 Å². The number of rotatable bonds is 4. The fraction of sp³-hybridized carbons (Fsp3) is 0.188. The molecule has 0 fully saturated rings. The van der Waals surface area contributed by atoms with Crippen molar-refractivity contribution < 1.29 is 0 Å². The van der Waals surface area contributed by atoms with Crippen molar-refractivity contribution >= 4 is 56.2 Å². The van der Waals surface area contributed by atoms with Crippen molar-refractivity contribution in [2.75, 3.05) is 10.6 Å². The molecule has 0 heterocycles. The van der Waals surface area contributed by atoms with Crippen molar-refractivity contribution in [1.29, 1.82) is 0 Å². The number of anilines is 2. The molecule has 5 heteroatoms. The van der Waals surface area contributed by atoms with Crippen molar-refractivity contribution in [2.45, 2.75) is 19.8 Å². The van der Waals surface area contributed by atoms with E-state index in [1.54, 1.807) is 0 Å². The Balaban J connectivity index is 2.07. The number of benzene rings is 2. The van der Waals surface area contributed by atoms with Crippen LogP contribution in [0.2, 0.25) is 5.02 Å². The van der Waals surface area contributed by atoms with Crippen molar-refractivity contribution in [3.8, 4) is 0 Å². The molecule has 2 rings (SSSR count). The standard InChI is InChI=1S/C16H16BrClN2S/c1-2-3-11-10-13(18)6-9-15(11)20-16(21)19-14-7-4-12(17)5-8-14/h4-10H,2-3H2,1H3,(H2,19,20,21). The van der Waals surface area contributed by atoms with E-state index in [9.17, 15) is 0 Å². The predicted molar refractivity (Wildman–Crippen MR) is 99.4 cm³/mol. The summed E-state index contributed by atoms with van der Waals surface area (Å²) in [6.07, 6.45) is 2.02. The number of thiocarbonyl (C=S) groups is 1. The molecule has 2 aromatic rings. The Hall–Kier alpha value is -1.10. The van der Waals surface area contributed by atoms with Gasteiger partial charge in [0, 0.05) is 20.9 Å². The Bertz CT molecular complexity index is 629. The van der Waals surface area contributed by atoms with Gasteiger partial charge in [-0.2, -0.15) is 0 Å². The summed E-state index contributed by atoms with van der Waals surface area (Å²) in [5.41, 5.74) is 3.11. The lowest BCUT2D eigenvalue weighted by Gasteiger charge is -2.14. The molecule has 110 valence electrons. The van der Waals surface area contributed by atoms with E-state index in [4.69, 9.17) is 23.8 Å². The normalized spacial score (nSPS) is 10.2. The zero-order valence-corrected chi connectivity index (χ0v) is 14.8. The highest BCUT2D eigenvalue weighted by atomic mass is 79.9. The number of hydrogen-bond acceptors (Lipinski definition) is 1. The lowest BCUT2D eigenvalue weighted by Crippen LogP contribution is -2.19. The molecule has 0 radical (unpaired) electrons. The third-order valence-electron chi connectivity index (χ3n) is 2.94. The van der Waals surface area contributed by atoms with Crippen LogP contribution in [0.15, 0.2) is 46.9 Å². The van der Waals surface area contributed by atoms with E-state index in [0.717, 1.165) is 33.7 Å². The van der Waals surface area contributed by atoms with Crippen molar-refractivity contribution in [3.05, 3.63) is 57.5 Å². The van der Waals surface area contributed by atoms with Gasteiger partial charge in [-0.25, -0.2) is 0 Å². The van der Waals surface area contributed by atoms with Crippen LogP contribution in [-0.4, -0.2) is 5.11 Å². The fourth-order valence-electron chi connectivity index (χ4n) is 1.98. The van der Waals surface area contributed by atoms with Crippen LogP contribution in [0.1, 0.15) is 18.9 Å². The molecule has 0 spiro atoms. The predicted octanol–water partition coefficient (Wildman–Crippen LogP) is 5.86. The highest BCUT2D eigenvalue weighted by Gasteiger charge is 2.05. The zero-order chi connectivity index (χ0) is 15.2. The summed E-state index contributed by atoms with van der Waals surface area (Å²) in [6, 6.07) is 13.7. The second kappa shape index (κ2) is 7.78. The molecule has 2 nitrogen and oxygen atoms in total. The summed E-state index contributed by atoms with van der Waals surface area (Å²) in [6.45, 7) is 2.14. The third kappa shape index (κ3) is 4.99. The Kier molecular flexibility index (Phi) is 6.03. The van der Waals surface area contributed by atoms with Crippen LogP contribution in [0.3, 0.4) is 0 Å². The van der Waals surface area contributed by atoms with Gasteiger partial charge in [0.15, 0.2) is 5.11 Å². The quantitative estimate of drug-likeness (QED) is 0.646. The van der Waals surface area contributed by atoms with Crippen molar-refractivity contribution in [2.24, 2.45) is 0 Å². The van der Waals surface area contributed by atoms with Gasteiger partial charge in [-0.05, 0) is 66.7 Å². The molecule has 0 bridgehead atoms. The summed E-state index contributed by atoms with van der Waals surface area (Å²) < 4.78 is 1.04. The highest BCUT2D eigenvalue weighted by Crippen LogP contribution is 2.22. The van der Waals surface area contributed by atoms with E-state index in [2.05, 4.69) is 33.5 Å². The molecule has 0 aliphatic rings. The molecule has 0 unspecified atom stereocenters. The molecular weight excluding hydrogens is 368 g/mol.